The number of nitrogens with one attached hydrogen (secondary N) is 1. The molecule has 1 aliphatic heterocycles. The van der Waals surface area contributed by atoms with Crippen LogP contribution >= 0.6 is 0 Å². The highest BCUT2D eigenvalue weighted by Gasteiger charge is 2.35. The normalized spacial score (nSPS) is 22.1. The Hall–Kier alpha value is -3.10. The number of rotatable bonds is 6. The first-order valence-electron chi connectivity index (χ1n) is 10.7. The van der Waals surface area contributed by atoms with Gasteiger partial charge in [-0.3, -0.25) is 9.48 Å². The van der Waals surface area contributed by atoms with Crippen LogP contribution in [0.2, 0.25) is 0 Å². The van der Waals surface area contributed by atoms with Crippen molar-refractivity contribution in [2.24, 2.45) is 17.6 Å². The number of anilines is 2. The van der Waals surface area contributed by atoms with Crippen molar-refractivity contribution >= 4 is 23.5 Å². The Morgan fingerprint density at radius 3 is 2.58 bits per heavy atom. The van der Waals surface area contributed by atoms with Crippen molar-refractivity contribution in [3.63, 3.8) is 0 Å². The fourth-order valence-electron chi connectivity index (χ4n) is 4.09. The van der Waals surface area contributed by atoms with E-state index in [9.17, 15) is 14.0 Å². The first-order valence-corrected chi connectivity index (χ1v) is 10.7. The highest BCUT2D eigenvalue weighted by molar-refractivity contribution is 5.98. The van der Waals surface area contributed by atoms with Crippen LogP contribution in [-0.4, -0.2) is 45.9 Å². The van der Waals surface area contributed by atoms with E-state index in [2.05, 4.69) is 10.4 Å². The number of primary amides is 1. The molecule has 0 radical (unpaired) electrons. The Balaban J connectivity index is 1.44. The number of carbonyl (C=O) groups excluding carboxylic acids is 2. The van der Waals surface area contributed by atoms with Crippen molar-refractivity contribution in [2.45, 2.75) is 45.3 Å². The molecule has 0 bridgehead atoms. The van der Waals surface area contributed by atoms with Gasteiger partial charge in [-0.15, -0.1) is 0 Å². The van der Waals surface area contributed by atoms with Gasteiger partial charge in [-0.2, -0.15) is 5.10 Å². The third-order valence-corrected chi connectivity index (χ3v) is 6.13. The second-order valence-electron chi connectivity index (χ2n) is 8.57. The zero-order valence-electron chi connectivity index (χ0n) is 17.8. The number of likely N-dealkylation sites (tertiary alicyclic amines) is 1. The number of ether oxygens (including phenoxy) is 1. The summed E-state index contributed by atoms with van der Waals surface area (Å²) in [5.74, 6) is -0.0131. The lowest BCUT2D eigenvalue weighted by molar-refractivity contribution is 0.0415. The predicted octanol–water partition coefficient (Wildman–Crippen LogP) is 3.68. The summed E-state index contributed by atoms with van der Waals surface area (Å²) in [5, 5.41) is 7.59. The second-order valence-corrected chi connectivity index (χ2v) is 8.57. The molecule has 2 heterocycles. The molecule has 2 fully saturated rings. The molecule has 166 valence electrons. The SMILES string of the molecule is CC(OC(=O)N1CC[C@H](n2cc(C(N)=O)c(Nc3ccc(F)cc3)n2)[C@H](C)C1)C1CC1. The maximum Gasteiger partial charge on any atom is 0.410 e. The molecule has 1 aromatic carbocycles. The van der Waals surface area contributed by atoms with Gasteiger partial charge in [0, 0.05) is 25.0 Å². The molecule has 1 aliphatic carbocycles. The standard InChI is InChI=1S/C22H28FN5O3/c1-13-11-27(22(30)31-14(2)15-3-4-15)10-9-19(13)28-12-18(20(24)29)21(26-28)25-17-7-5-16(23)6-8-17/h5-8,12-15,19H,3-4,9-11H2,1-2H3,(H2,24,29)(H,25,26)/t13-,14?,19+/m1/s1. The Kier molecular flexibility index (Phi) is 5.84. The van der Waals surface area contributed by atoms with Gasteiger partial charge in [0.15, 0.2) is 5.82 Å². The van der Waals surface area contributed by atoms with Crippen LogP contribution in [0, 0.1) is 17.7 Å². The van der Waals surface area contributed by atoms with Gasteiger partial charge >= 0.3 is 6.09 Å². The molecule has 1 unspecified atom stereocenters. The number of hydrogen-bond acceptors (Lipinski definition) is 5. The smallest absolute Gasteiger partial charge is 0.410 e. The minimum absolute atomic E-state index is 0.00627. The highest BCUT2D eigenvalue weighted by atomic mass is 19.1. The average molecular weight is 429 g/mol. The summed E-state index contributed by atoms with van der Waals surface area (Å²) >= 11 is 0. The van der Waals surface area contributed by atoms with E-state index in [-0.39, 0.29) is 35.5 Å². The zero-order chi connectivity index (χ0) is 22.1. The van der Waals surface area contributed by atoms with Crippen molar-refractivity contribution in [3.8, 4) is 0 Å². The van der Waals surface area contributed by atoms with E-state index in [1.807, 2.05) is 13.8 Å². The molecule has 8 nitrogen and oxygen atoms in total. The highest BCUT2D eigenvalue weighted by Crippen LogP contribution is 2.35. The molecule has 3 N–H and O–H groups in total. The van der Waals surface area contributed by atoms with Crippen molar-refractivity contribution in [1.29, 1.82) is 0 Å². The second kappa shape index (κ2) is 8.56. The lowest BCUT2D eigenvalue weighted by Crippen LogP contribution is -2.44. The van der Waals surface area contributed by atoms with Crippen LogP contribution in [0.15, 0.2) is 30.5 Å². The maximum absolute atomic E-state index is 13.2. The van der Waals surface area contributed by atoms with Crippen LogP contribution in [-0.2, 0) is 4.74 Å². The molecule has 0 spiro atoms. The lowest BCUT2D eigenvalue weighted by atomic mass is 9.94. The van der Waals surface area contributed by atoms with Crippen molar-refractivity contribution < 1.29 is 18.7 Å². The minimum atomic E-state index is -0.599. The molecule has 4 rings (SSSR count). The van der Waals surface area contributed by atoms with Gasteiger partial charge in [0.25, 0.3) is 5.91 Å². The lowest BCUT2D eigenvalue weighted by Gasteiger charge is -2.36. The first kappa shape index (κ1) is 21.1. The Morgan fingerprint density at radius 2 is 1.97 bits per heavy atom. The summed E-state index contributed by atoms with van der Waals surface area (Å²) in [6.07, 6.45) is 4.28. The van der Waals surface area contributed by atoms with Gasteiger partial charge in [0.05, 0.1) is 6.04 Å². The molecular weight excluding hydrogens is 401 g/mol. The van der Waals surface area contributed by atoms with Gasteiger partial charge in [0.2, 0.25) is 0 Å². The number of halogens is 1. The summed E-state index contributed by atoms with van der Waals surface area (Å²) in [6, 6.07) is 5.78. The fraction of sp³-hybridized carbons (Fsp3) is 0.500. The monoisotopic (exact) mass is 429 g/mol. The van der Waals surface area contributed by atoms with E-state index in [1.54, 1.807) is 27.9 Å². The molecule has 1 saturated carbocycles. The first-order chi connectivity index (χ1) is 14.8. The third-order valence-electron chi connectivity index (χ3n) is 6.13. The van der Waals surface area contributed by atoms with E-state index in [4.69, 9.17) is 10.5 Å². The van der Waals surface area contributed by atoms with E-state index in [0.29, 0.717) is 36.9 Å². The molecule has 2 amide bonds. The Labute approximate surface area is 180 Å². The van der Waals surface area contributed by atoms with Crippen LogP contribution in [0.3, 0.4) is 0 Å². The molecule has 2 aliphatic rings. The van der Waals surface area contributed by atoms with Crippen LogP contribution in [0.5, 0.6) is 0 Å². The van der Waals surface area contributed by atoms with Crippen LogP contribution in [0.25, 0.3) is 0 Å². The molecule has 1 aromatic heterocycles. The van der Waals surface area contributed by atoms with E-state index >= 15 is 0 Å². The average Bonchev–Trinajstić information content (AvgIpc) is 3.50. The topological polar surface area (TPSA) is 102 Å². The van der Waals surface area contributed by atoms with Crippen LogP contribution < -0.4 is 11.1 Å². The number of benzene rings is 1. The quantitative estimate of drug-likeness (QED) is 0.729. The summed E-state index contributed by atoms with van der Waals surface area (Å²) in [4.78, 5) is 26.2. The number of carbonyl (C=O) groups is 2. The maximum atomic E-state index is 13.2. The predicted molar refractivity (Wildman–Crippen MR) is 113 cm³/mol. The molecule has 9 heteroatoms. The van der Waals surface area contributed by atoms with Crippen molar-refractivity contribution in [3.05, 3.63) is 41.8 Å². The Bertz CT molecular complexity index is 957. The molecular formula is C22H28FN5O3. The van der Waals surface area contributed by atoms with E-state index in [1.165, 1.54) is 12.1 Å². The summed E-state index contributed by atoms with van der Waals surface area (Å²) in [7, 11) is 0. The number of amides is 2. The molecule has 31 heavy (non-hydrogen) atoms. The largest absolute Gasteiger partial charge is 0.446 e. The van der Waals surface area contributed by atoms with Gasteiger partial charge in [-0.05, 0) is 62.3 Å². The number of hydrogen-bond donors (Lipinski definition) is 2. The van der Waals surface area contributed by atoms with Gasteiger partial charge in [0.1, 0.15) is 17.5 Å². The minimum Gasteiger partial charge on any atom is -0.446 e. The van der Waals surface area contributed by atoms with Crippen LogP contribution in [0.4, 0.5) is 20.7 Å². The number of nitrogens with zero attached hydrogens (tertiary/aromatic N) is 3. The Morgan fingerprint density at radius 1 is 1.26 bits per heavy atom. The number of nitrogens with two attached hydrogens (primary N) is 1. The summed E-state index contributed by atoms with van der Waals surface area (Å²) in [5.41, 5.74) is 6.41. The summed E-state index contributed by atoms with van der Waals surface area (Å²) < 4.78 is 20.5. The van der Waals surface area contributed by atoms with E-state index in [0.717, 1.165) is 12.8 Å². The molecule has 2 aromatic rings. The van der Waals surface area contributed by atoms with Gasteiger partial charge < -0.3 is 20.7 Å². The van der Waals surface area contributed by atoms with Crippen molar-refractivity contribution in [1.82, 2.24) is 14.7 Å². The fourth-order valence-corrected chi connectivity index (χ4v) is 4.09. The molecule has 1 saturated heterocycles. The van der Waals surface area contributed by atoms with Crippen LogP contribution in [0.1, 0.15) is 49.5 Å². The number of piperidine rings is 1. The van der Waals surface area contributed by atoms with Crippen molar-refractivity contribution in [2.75, 3.05) is 18.4 Å². The van der Waals surface area contributed by atoms with Gasteiger partial charge in [-0.25, -0.2) is 9.18 Å². The third kappa shape index (κ3) is 4.81. The van der Waals surface area contributed by atoms with Gasteiger partial charge in [-0.1, -0.05) is 6.92 Å². The van der Waals surface area contributed by atoms with E-state index < -0.39 is 5.91 Å². The summed E-state index contributed by atoms with van der Waals surface area (Å²) in [6.45, 7) is 5.11. The molecule has 3 atom stereocenters. The number of aromatic nitrogens is 2. The zero-order valence-corrected chi connectivity index (χ0v) is 17.8.